The third kappa shape index (κ3) is 3.15. The van der Waals surface area contributed by atoms with Crippen molar-refractivity contribution in [2.24, 2.45) is 0 Å². The summed E-state index contributed by atoms with van der Waals surface area (Å²) in [5.74, 6) is -0.0432. The van der Waals surface area contributed by atoms with Crippen LogP contribution in [-0.2, 0) is 11.3 Å². The Morgan fingerprint density at radius 1 is 1.47 bits per heavy atom. The Hall–Kier alpha value is -1.17. The fourth-order valence-electron chi connectivity index (χ4n) is 1.44. The Morgan fingerprint density at radius 2 is 2.29 bits per heavy atom. The number of nitrogens with one attached hydrogen (secondary N) is 1. The molecule has 0 aliphatic heterocycles. The fourth-order valence-corrected chi connectivity index (χ4v) is 3.09. The first kappa shape index (κ1) is 12.3. The van der Waals surface area contributed by atoms with Gasteiger partial charge < -0.3 is 10.4 Å². The zero-order valence-corrected chi connectivity index (χ0v) is 11.0. The summed E-state index contributed by atoms with van der Waals surface area (Å²) in [6, 6.07) is 5.76. The number of thiophene rings is 2. The van der Waals surface area contributed by atoms with E-state index in [4.69, 9.17) is 0 Å². The van der Waals surface area contributed by atoms with Crippen LogP contribution in [0.1, 0.15) is 28.3 Å². The van der Waals surface area contributed by atoms with Gasteiger partial charge in [0, 0.05) is 16.7 Å². The molecule has 0 aromatic carbocycles. The first-order valence-corrected chi connectivity index (χ1v) is 6.96. The summed E-state index contributed by atoms with van der Waals surface area (Å²) < 4.78 is 0. The normalized spacial score (nSPS) is 12.4. The van der Waals surface area contributed by atoms with Gasteiger partial charge in [0.05, 0.1) is 6.54 Å². The second-order valence-electron chi connectivity index (χ2n) is 3.67. The van der Waals surface area contributed by atoms with Crippen LogP contribution in [0.5, 0.6) is 0 Å². The molecular formula is C12H13NO2S2. The second-order valence-corrected chi connectivity index (χ2v) is 5.65. The molecule has 3 nitrogen and oxygen atoms in total. The third-order valence-electron chi connectivity index (χ3n) is 2.32. The van der Waals surface area contributed by atoms with E-state index in [2.05, 4.69) is 5.32 Å². The average molecular weight is 267 g/mol. The molecule has 0 aliphatic rings. The van der Waals surface area contributed by atoms with E-state index < -0.39 is 6.10 Å². The van der Waals surface area contributed by atoms with Gasteiger partial charge in [0.15, 0.2) is 0 Å². The van der Waals surface area contributed by atoms with Crippen LogP contribution in [0.25, 0.3) is 0 Å². The van der Waals surface area contributed by atoms with Gasteiger partial charge in [-0.15, -0.1) is 11.3 Å². The maximum absolute atomic E-state index is 10.8. The van der Waals surface area contributed by atoms with Gasteiger partial charge in [-0.05, 0) is 34.5 Å². The highest BCUT2D eigenvalue weighted by atomic mass is 32.1. The second kappa shape index (κ2) is 5.44. The van der Waals surface area contributed by atoms with Gasteiger partial charge in [0.25, 0.3) is 0 Å². The zero-order chi connectivity index (χ0) is 12.3. The minimum Gasteiger partial charge on any atom is -0.383 e. The quantitative estimate of drug-likeness (QED) is 0.894. The van der Waals surface area contributed by atoms with Gasteiger partial charge >= 0.3 is 0 Å². The average Bonchev–Trinajstić information content (AvgIpc) is 2.97. The molecule has 2 rings (SSSR count). The van der Waals surface area contributed by atoms with E-state index in [1.807, 2.05) is 29.0 Å². The molecule has 2 N–H and O–H groups in total. The number of aliphatic hydroxyl groups excluding tert-OH is 1. The molecular weight excluding hydrogens is 254 g/mol. The van der Waals surface area contributed by atoms with Crippen LogP contribution in [0.15, 0.2) is 29.0 Å². The summed E-state index contributed by atoms with van der Waals surface area (Å²) in [5.41, 5.74) is 0.919. The molecule has 0 spiro atoms. The number of hydrogen-bond donors (Lipinski definition) is 2. The Bertz CT molecular complexity index is 490. The maximum atomic E-state index is 10.8. The van der Waals surface area contributed by atoms with Crippen molar-refractivity contribution in [2.75, 3.05) is 0 Å². The van der Waals surface area contributed by atoms with Crippen molar-refractivity contribution >= 4 is 28.6 Å². The third-order valence-corrected chi connectivity index (χ3v) is 4.16. The molecule has 2 heterocycles. The van der Waals surface area contributed by atoms with Crippen LogP contribution in [0.4, 0.5) is 0 Å². The fraction of sp³-hybridized carbons (Fsp3) is 0.250. The van der Waals surface area contributed by atoms with Gasteiger partial charge in [-0.2, -0.15) is 11.3 Å². The summed E-state index contributed by atoms with van der Waals surface area (Å²) in [6.45, 7) is 2.02. The molecule has 2 aromatic rings. The summed E-state index contributed by atoms with van der Waals surface area (Å²) in [6.07, 6.45) is -0.558. The zero-order valence-electron chi connectivity index (χ0n) is 9.34. The van der Waals surface area contributed by atoms with Gasteiger partial charge in [-0.1, -0.05) is 0 Å². The largest absolute Gasteiger partial charge is 0.383 e. The highest BCUT2D eigenvalue weighted by Gasteiger charge is 2.13. The van der Waals surface area contributed by atoms with E-state index >= 15 is 0 Å². The predicted octanol–water partition coefficient (Wildman–Crippen LogP) is 2.53. The molecule has 0 saturated carbocycles. The summed E-state index contributed by atoms with van der Waals surface area (Å²) in [5, 5.41) is 16.7. The number of hydrogen-bond acceptors (Lipinski definition) is 4. The van der Waals surface area contributed by atoms with Crippen LogP contribution >= 0.6 is 22.7 Å². The van der Waals surface area contributed by atoms with Gasteiger partial charge in [-0.25, -0.2) is 0 Å². The Kier molecular flexibility index (Phi) is 3.93. The lowest BCUT2D eigenvalue weighted by atomic mass is 10.2. The molecule has 1 amide bonds. The van der Waals surface area contributed by atoms with E-state index in [1.54, 1.807) is 11.3 Å². The topological polar surface area (TPSA) is 49.3 Å². The molecule has 90 valence electrons. The Balaban J connectivity index is 2.05. The van der Waals surface area contributed by atoms with E-state index in [9.17, 15) is 9.90 Å². The summed E-state index contributed by atoms with van der Waals surface area (Å²) >= 11 is 3.09. The van der Waals surface area contributed by atoms with E-state index in [1.165, 1.54) is 18.3 Å². The number of aliphatic hydroxyl groups is 1. The molecule has 0 saturated heterocycles. The number of carbonyl (C=O) groups excluding carboxylic acids is 1. The van der Waals surface area contributed by atoms with Crippen molar-refractivity contribution in [2.45, 2.75) is 19.6 Å². The maximum Gasteiger partial charge on any atom is 0.217 e. The molecule has 1 atom stereocenters. The molecule has 17 heavy (non-hydrogen) atoms. The van der Waals surface area contributed by atoms with Crippen molar-refractivity contribution in [1.29, 1.82) is 0 Å². The van der Waals surface area contributed by atoms with Crippen molar-refractivity contribution in [3.8, 4) is 0 Å². The van der Waals surface area contributed by atoms with Crippen LogP contribution in [0.2, 0.25) is 0 Å². The van der Waals surface area contributed by atoms with Crippen LogP contribution in [0.3, 0.4) is 0 Å². The lowest BCUT2D eigenvalue weighted by Gasteiger charge is -2.05. The highest BCUT2D eigenvalue weighted by Crippen LogP contribution is 2.29. The smallest absolute Gasteiger partial charge is 0.217 e. The van der Waals surface area contributed by atoms with Gasteiger partial charge in [0.1, 0.15) is 6.10 Å². The molecule has 0 fully saturated rings. The van der Waals surface area contributed by atoms with Crippen molar-refractivity contribution in [3.05, 3.63) is 44.3 Å². The van der Waals surface area contributed by atoms with Crippen molar-refractivity contribution in [3.63, 3.8) is 0 Å². The van der Waals surface area contributed by atoms with Crippen molar-refractivity contribution in [1.82, 2.24) is 5.32 Å². The minimum absolute atomic E-state index is 0.0432. The minimum atomic E-state index is -0.558. The van der Waals surface area contributed by atoms with E-state index in [-0.39, 0.29) is 5.91 Å². The van der Waals surface area contributed by atoms with Crippen LogP contribution < -0.4 is 5.32 Å². The summed E-state index contributed by atoms with van der Waals surface area (Å²) in [4.78, 5) is 12.7. The number of carbonyl (C=O) groups is 1. The molecule has 5 heteroatoms. The van der Waals surface area contributed by atoms with Crippen molar-refractivity contribution < 1.29 is 9.90 Å². The number of amides is 1. The monoisotopic (exact) mass is 267 g/mol. The molecule has 0 bridgehead atoms. The van der Waals surface area contributed by atoms with Crippen LogP contribution in [0, 0.1) is 0 Å². The van der Waals surface area contributed by atoms with Gasteiger partial charge in [0.2, 0.25) is 5.91 Å². The summed E-state index contributed by atoms with van der Waals surface area (Å²) in [7, 11) is 0. The number of rotatable bonds is 4. The predicted molar refractivity (Wildman–Crippen MR) is 70.2 cm³/mol. The Morgan fingerprint density at radius 3 is 2.94 bits per heavy atom. The molecule has 0 radical (unpaired) electrons. The molecule has 2 aromatic heterocycles. The van der Waals surface area contributed by atoms with Crippen LogP contribution in [-0.4, -0.2) is 11.0 Å². The molecule has 1 unspecified atom stereocenters. The standard InChI is InChI=1S/C12H13NO2S2/c1-8(14)13-6-10-2-3-11(17-10)12(15)9-4-5-16-7-9/h2-5,7,12,15H,6H2,1H3,(H,13,14). The highest BCUT2D eigenvalue weighted by molar-refractivity contribution is 7.12. The SMILES string of the molecule is CC(=O)NCc1ccc(C(O)c2ccsc2)s1. The Labute approximate surface area is 108 Å². The lowest BCUT2D eigenvalue weighted by Crippen LogP contribution is -2.18. The van der Waals surface area contributed by atoms with Gasteiger partial charge in [-0.3, -0.25) is 4.79 Å². The van der Waals surface area contributed by atoms with E-state index in [0.29, 0.717) is 6.54 Å². The van der Waals surface area contributed by atoms with E-state index in [0.717, 1.165) is 15.3 Å². The molecule has 0 aliphatic carbocycles. The first-order chi connectivity index (χ1) is 8.16. The first-order valence-electron chi connectivity index (χ1n) is 5.20. The lowest BCUT2D eigenvalue weighted by molar-refractivity contribution is -0.119.